The van der Waals surface area contributed by atoms with Crippen LogP contribution in [0.3, 0.4) is 0 Å². The van der Waals surface area contributed by atoms with Gasteiger partial charge >= 0.3 is 0 Å². The summed E-state index contributed by atoms with van der Waals surface area (Å²) in [7, 11) is 6.85. The average Bonchev–Trinajstić information content (AvgIpc) is 3.43. The second kappa shape index (κ2) is 13.1. The zero-order valence-electron chi connectivity index (χ0n) is 17.8. The lowest BCUT2D eigenvalue weighted by atomic mass is 10.2. The first kappa shape index (κ1) is 25.7. The van der Waals surface area contributed by atoms with E-state index >= 15 is 0 Å². The topological polar surface area (TPSA) is 67.9 Å². The van der Waals surface area contributed by atoms with Crippen molar-refractivity contribution in [2.45, 2.75) is 40.0 Å². The first-order valence-corrected chi connectivity index (χ1v) is 17.1. The van der Waals surface area contributed by atoms with Crippen molar-refractivity contribution in [2.75, 3.05) is 19.0 Å². The molecule has 0 fully saturated rings. The summed E-state index contributed by atoms with van der Waals surface area (Å²) in [5.74, 6) is 1.11. The molecule has 2 aromatic rings. The maximum absolute atomic E-state index is 5.95. The highest BCUT2D eigenvalue weighted by molar-refractivity contribution is 14.2. The summed E-state index contributed by atoms with van der Waals surface area (Å²) in [4.78, 5) is 6.69. The van der Waals surface area contributed by atoms with Crippen LogP contribution in [0.1, 0.15) is 25.2 Å². The highest BCUT2D eigenvalue weighted by Crippen LogP contribution is 2.41. The van der Waals surface area contributed by atoms with Crippen LogP contribution in [0.5, 0.6) is 0 Å². The lowest BCUT2D eigenvalue weighted by Crippen LogP contribution is -2.25. The maximum Gasteiger partial charge on any atom is 0.230 e. The smallest absolute Gasteiger partial charge is 0.230 e. The van der Waals surface area contributed by atoms with Gasteiger partial charge in [0, 0.05) is 25.5 Å². The molecular weight excluding hydrogens is 654 g/mol. The third-order valence-corrected chi connectivity index (χ3v) is 9.34. The third kappa shape index (κ3) is 9.08. The molecule has 31 heavy (non-hydrogen) atoms. The Balaban J connectivity index is 1.42. The number of hydrogen-bond donors (Lipinski definition) is 0. The molecule has 14 heteroatoms. The second-order valence-electron chi connectivity index (χ2n) is 8.11. The van der Waals surface area contributed by atoms with Gasteiger partial charge in [-0.3, -0.25) is 9.36 Å². The summed E-state index contributed by atoms with van der Waals surface area (Å²) in [5.41, 5.74) is 1.58. The molecule has 0 N–H and O–H groups in total. The van der Waals surface area contributed by atoms with E-state index in [-0.39, 0.29) is 0 Å². The van der Waals surface area contributed by atoms with Gasteiger partial charge in [0.05, 0.1) is 32.2 Å². The zero-order valence-corrected chi connectivity index (χ0v) is 24.1. The van der Waals surface area contributed by atoms with E-state index < -0.39 is 5.44 Å². The van der Waals surface area contributed by atoms with Crippen LogP contribution in [0.15, 0.2) is 24.8 Å². The van der Waals surface area contributed by atoms with Crippen molar-refractivity contribution in [3.8, 4) is 0 Å². The van der Waals surface area contributed by atoms with E-state index in [2.05, 4.69) is 112 Å². The molecule has 2 aromatic heterocycles. The van der Waals surface area contributed by atoms with Crippen molar-refractivity contribution in [1.29, 1.82) is 0 Å². The number of aromatic nitrogens is 6. The minimum atomic E-state index is -0.399. The van der Waals surface area contributed by atoms with Gasteiger partial charge in [0.15, 0.2) is 0 Å². The van der Waals surface area contributed by atoms with E-state index in [0.717, 1.165) is 58.9 Å². The van der Waals surface area contributed by atoms with Gasteiger partial charge in [-0.2, -0.15) is 22.4 Å². The molecule has 1 aliphatic heterocycles. The first-order chi connectivity index (χ1) is 14.9. The van der Waals surface area contributed by atoms with Gasteiger partial charge in [-0.05, 0) is 24.2 Å². The molecule has 0 aromatic carbocycles. The van der Waals surface area contributed by atoms with Crippen molar-refractivity contribution in [2.24, 2.45) is 11.8 Å². The summed E-state index contributed by atoms with van der Waals surface area (Å²) in [6.07, 6.45) is 10.6. The fraction of sp³-hybridized carbons (Fsp3) is 0.647. The van der Waals surface area contributed by atoms with Crippen molar-refractivity contribution in [3.05, 3.63) is 36.2 Å². The molecule has 165 valence electrons. The van der Waals surface area contributed by atoms with Crippen LogP contribution in [0.2, 0.25) is 0 Å². The molecule has 0 aliphatic carbocycles. The molecule has 4 unspecified atom stereocenters. The molecule has 0 saturated carbocycles. The molecule has 0 amide bonds. The van der Waals surface area contributed by atoms with E-state index in [1.54, 1.807) is 0 Å². The molecule has 3 radical (unpaired) electrons. The van der Waals surface area contributed by atoms with E-state index in [1.807, 2.05) is 15.6 Å². The van der Waals surface area contributed by atoms with E-state index in [1.165, 1.54) is 6.16 Å². The molecule has 3 heterocycles. The fourth-order valence-corrected chi connectivity index (χ4v) is 7.55. The number of nitrogens with zero attached hydrogens (tertiary/aromatic N) is 8. The third-order valence-electron chi connectivity index (χ3n) is 4.78. The predicted octanol–water partition coefficient (Wildman–Crippen LogP) is 3.45. The predicted molar refractivity (Wildman–Crippen MR) is 148 cm³/mol. The lowest BCUT2D eigenvalue weighted by Gasteiger charge is -2.19. The zero-order chi connectivity index (χ0) is 22.2. The number of rotatable bonds is 13. The van der Waals surface area contributed by atoms with Crippen LogP contribution < -0.4 is 0 Å². The van der Waals surface area contributed by atoms with Crippen molar-refractivity contribution >= 4 is 70.7 Å². The Morgan fingerprint density at radius 1 is 1.06 bits per heavy atom. The summed E-state index contributed by atoms with van der Waals surface area (Å²) in [5, 5.41) is 17.3. The number of hydrogen-bond acceptors (Lipinski definition) is 6. The van der Waals surface area contributed by atoms with Crippen LogP contribution >= 0.6 is 58.3 Å². The maximum atomic E-state index is 5.95. The monoisotopic (exact) mass is 681 g/mol. The molecule has 4 atom stereocenters. The van der Waals surface area contributed by atoms with E-state index in [0.29, 0.717) is 11.8 Å². The van der Waals surface area contributed by atoms with Gasteiger partial charge in [0.1, 0.15) is 19.0 Å². The molecule has 8 nitrogen and oxygen atoms in total. The van der Waals surface area contributed by atoms with Gasteiger partial charge in [-0.15, -0.1) is 18.7 Å². The van der Waals surface area contributed by atoms with Gasteiger partial charge in [0.25, 0.3) is 0 Å². The van der Waals surface area contributed by atoms with E-state index in [9.17, 15) is 0 Å². The first-order valence-electron chi connectivity index (χ1n) is 10.2. The van der Waals surface area contributed by atoms with Crippen LogP contribution in [0, 0.1) is 11.8 Å². The summed E-state index contributed by atoms with van der Waals surface area (Å²) in [6, 6.07) is 0. The fourth-order valence-electron chi connectivity index (χ4n) is 3.44. The Labute approximate surface area is 216 Å². The van der Waals surface area contributed by atoms with Gasteiger partial charge < -0.3 is 9.80 Å². The Kier molecular flexibility index (Phi) is 10.8. The summed E-state index contributed by atoms with van der Waals surface area (Å²) in [6.45, 7) is 8.58. The lowest BCUT2D eigenvalue weighted by molar-refractivity contribution is 0.251. The summed E-state index contributed by atoms with van der Waals surface area (Å²) >= 11 is 4.65. The molecule has 0 spiro atoms. The average molecular weight is 681 g/mol. The molecule has 0 saturated heterocycles. The molecular formula is C17H27B2I2N8P2. The van der Waals surface area contributed by atoms with Crippen LogP contribution in [0.25, 0.3) is 0 Å². The molecule has 1 aliphatic rings. The normalized spacial score (nSPS) is 17.0. The Morgan fingerprint density at radius 2 is 1.61 bits per heavy atom. The largest absolute Gasteiger partial charge is 0.353 e. The highest BCUT2D eigenvalue weighted by Gasteiger charge is 2.16. The van der Waals surface area contributed by atoms with Gasteiger partial charge in [-0.1, -0.05) is 51.8 Å². The van der Waals surface area contributed by atoms with Crippen molar-refractivity contribution < 1.29 is 0 Å². The van der Waals surface area contributed by atoms with Gasteiger partial charge in [-0.25, -0.2) is 0 Å². The number of halogens is 2. The molecule has 3 rings (SSSR count). The van der Waals surface area contributed by atoms with Crippen molar-refractivity contribution in [1.82, 2.24) is 39.8 Å². The minimum Gasteiger partial charge on any atom is -0.353 e. The molecule has 0 bridgehead atoms. The van der Waals surface area contributed by atoms with Crippen molar-refractivity contribution in [3.63, 3.8) is 0 Å². The highest BCUT2D eigenvalue weighted by atomic mass is 127. The van der Waals surface area contributed by atoms with E-state index in [4.69, 9.17) is 7.57 Å². The van der Waals surface area contributed by atoms with Crippen LogP contribution in [-0.4, -0.2) is 71.2 Å². The van der Waals surface area contributed by atoms with Gasteiger partial charge in [0.2, 0.25) is 4.86 Å². The second-order valence-corrected chi connectivity index (χ2v) is 15.9. The Morgan fingerprint density at radius 3 is 2.13 bits per heavy atom. The standard InChI is InChI=1S/C17H27B2I2N8P2/c1-14(11-30-19-20)5-28-9-16(22-24-28)7-26-3-4-27(13-26)8-17-10-29(25-23-17)6-15(2)12-31(18)21/h3-4,9-10,14-15,30H,5-8,11-13H2,1-2H3. The Bertz CT molecular complexity index is 837. The quantitative estimate of drug-likeness (QED) is 0.184. The summed E-state index contributed by atoms with van der Waals surface area (Å²) < 4.78 is 3.91. The Hall–Kier alpha value is 0.0699. The minimum absolute atomic E-state index is 0.399. The SMILES string of the molecule is [B]P(I)CC(C)Cn1cc(CN2C=CN(Cc3cn(CC(C)CP[B]I)nn3)C2)nn1. The van der Waals surface area contributed by atoms with Crippen LogP contribution in [0.4, 0.5) is 0 Å². The van der Waals surface area contributed by atoms with Crippen LogP contribution in [-0.2, 0) is 26.2 Å².